The Morgan fingerprint density at radius 1 is 1.59 bits per heavy atom. The van der Waals surface area contributed by atoms with Crippen LogP contribution < -0.4 is 0 Å². The summed E-state index contributed by atoms with van der Waals surface area (Å²) >= 11 is 0. The van der Waals surface area contributed by atoms with E-state index in [0.29, 0.717) is 5.76 Å². The number of likely N-dealkylation sites (tertiary alicyclic amines) is 1. The first-order valence-electron chi connectivity index (χ1n) is 5.51. The second kappa shape index (κ2) is 6.02. The van der Waals surface area contributed by atoms with Gasteiger partial charge in [-0.05, 0) is 33.2 Å². The Bertz CT molecular complexity index is 381. The van der Waals surface area contributed by atoms with E-state index in [1.165, 1.54) is 0 Å². The first-order valence-corrected chi connectivity index (χ1v) is 5.51. The van der Waals surface area contributed by atoms with Crippen molar-refractivity contribution in [2.24, 2.45) is 0 Å². The van der Waals surface area contributed by atoms with Crippen LogP contribution in [0.3, 0.4) is 0 Å². The van der Waals surface area contributed by atoms with E-state index in [1.54, 1.807) is 13.0 Å². The van der Waals surface area contributed by atoms with Crippen molar-refractivity contribution in [1.29, 1.82) is 0 Å². The van der Waals surface area contributed by atoms with Crippen molar-refractivity contribution >= 4 is 18.4 Å². The lowest BCUT2D eigenvalue weighted by molar-refractivity contribution is -0.0399. The molecule has 1 aliphatic rings. The Labute approximate surface area is 106 Å². The lowest BCUT2D eigenvalue weighted by Gasteiger charge is -2.31. The number of rotatable bonds is 2. The maximum atomic E-state index is 11.7. The Balaban J connectivity index is 0.00000144. The van der Waals surface area contributed by atoms with E-state index in [1.807, 2.05) is 11.9 Å². The quantitative estimate of drug-likeness (QED) is 0.762. The van der Waals surface area contributed by atoms with Crippen molar-refractivity contribution in [1.82, 2.24) is 10.1 Å². The molecule has 17 heavy (non-hydrogen) atoms. The molecule has 0 saturated carbocycles. The van der Waals surface area contributed by atoms with Gasteiger partial charge in [0.1, 0.15) is 5.76 Å². The van der Waals surface area contributed by atoms with Crippen LogP contribution in [0.5, 0.6) is 0 Å². The Kier molecular flexibility index (Phi) is 4.96. The van der Waals surface area contributed by atoms with Crippen molar-refractivity contribution in [3.05, 3.63) is 17.5 Å². The highest BCUT2D eigenvalue weighted by Crippen LogP contribution is 2.17. The fraction of sp³-hybridized carbons (Fsp3) is 0.636. The summed E-state index contributed by atoms with van der Waals surface area (Å²) in [6.45, 7) is 2.71. The molecule has 0 N–H and O–H groups in total. The number of aryl methyl sites for hydroxylation is 1. The molecular weight excluding hydrogens is 244 g/mol. The van der Waals surface area contributed by atoms with Gasteiger partial charge in [-0.3, -0.25) is 4.90 Å². The maximum Gasteiger partial charge on any atom is 0.362 e. The van der Waals surface area contributed by atoms with E-state index < -0.39 is 5.97 Å². The monoisotopic (exact) mass is 260 g/mol. The second-order valence-electron chi connectivity index (χ2n) is 4.16. The van der Waals surface area contributed by atoms with Crippen LogP contribution in [0.4, 0.5) is 0 Å². The molecule has 0 aliphatic carbocycles. The number of hydrogen-bond donors (Lipinski definition) is 0. The normalized spacial score (nSPS) is 20.7. The van der Waals surface area contributed by atoms with Crippen LogP contribution in [0.15, 0.2) is 10.6 Å². The van der Waals surface area contributed by atoms with Gasteiger partial charge in [0.05, 0.1) is 0 Å². The summed E-state index contributed by atoms with van der Waals surface area (Å²) in [6.07, 6.45) is 3.02. The number of piperidine rings is 1. The smallest absolute Gasteiger partial charge is 0.362 e. The van der Waals surface area contributed by atoms with Gasteiger partial charge >= 0.3 is 5.97 Å². The number of carbonyl (C=O) groups is 1. The molecule has 2 heterocycles. The average molecular weight is 261 g/mol. The number of aromatic nitrogens is 1. The van der Waals surface area contributed by atoms with Gasteiger partial charge in [-0.25, -0.2) is 4.79 Å². The highest BCUT2D eigenvalue weighted by molar-refractivity contribution is 5.87. The molecule has 0 amide bonds. The zero-order chi connectivity index (χ0) is 11.5. The largest absolute Gasteiger partial charge is 0.442 e. The molecule has 0 spiro atoms. The number of halogens is 1. The Hall–Kier alpha value is -1.07. The fourth-order valence-electron chi connectivity index (χ4n) is 1.84. The molecule has 1 aromatic rings. The van der Waals surface area contributed by atoms with E-state index >= 15 is 0 Å². The van der Waals surface area contributed by atoms with Crippen molar-refractivity contribution in [2.45, 2.75) is 32.4 Å². The molecule has 1 aliphatic heterocycles. The standard InChI is InChI=1S/C11H16N2O3.ClH/c1-8-7-9(12-16-8)11(14)15-10-5-3-4-6-13(10)2;/h7,10H,3-6H2,1-2H3;1H. The third-order valence-corrected chi connectivity index (χ3v) is 2.78. The predicted molar refractivity (Wildman–Crippen MR) is 64.2 cm³/mol. The highest BCUT2D eigenvalue weighted by atomic mass is 35.5. The summed E-state index contributed by atoms with van der Waals surface area (Å²) in [5.41, 5.74) is 0.247. The van der Waals surface area contributed by atoms with Crippen molar-refractivity contribution in [3.63, 3.8) is 0 Å². The summed E-state index contributed by atoms with van der Waals surface area (Å²) in [5.74, 6) is 0.208. The number of nitrogens with zero attached hydrogens (tertiary/aromatic N) is 2. The second-order valence-corrected chi connectivity index (χ2v) is 4.16. The summed E-state index contributed by atoms with van der Waals surface area (Å²) in [7, 11) is 1.96. The number of carbonyl (C=O) groups excluding carboxylic acids is 1. The molecule has 5 nitrogen and oxygen atoms in total. The molecule has 6 heteroatoms. The van der Waals surface area contributed by atoms with E-state index in [-0.39, 0.29) is 24.3 Å². The van der Waals surface area contributed by atoms with Crippen LogP contribution in [-0.2, 0) is 4.74 Å². The van der Waals surface area contributed by atoms with Crippen molar-refractivity contribution in [2.75, 3.05) is 13.6 Å². The minimum absolute atomic E-state index is 0. The molecule has 0 aromatic carbocycles. The third-order valence-electron chi connectivity index (χ3n) is 2.78. The summed E-state index contributed by atoms with van der Waals surface area (Å²) in [5, 5.41) is 3.64. The van der Waals surface area contributed by atoms with Gasteiger partial charge < -0.3 is 9.26 Å². The lowest BCUT2D eigenvalue weighted by Crippen LogP contribution is -2.39. The molecular formula is C11H17ClN2O3. The zero-order valence-corrected chi connectivity index (χ0v) is 10.8. The first kappa shape index (κ1) is 14.0. The number of ether oxygens (including phenoxy) is 1. The number of hydrogen-bond acceptors (Lipinski definition) is 5. The third kappa shape index (κ3) is 3.44. The topological polar surface area (TPSA) is 55.6 Å². The van der Waals surface area contributed by atoms with E-state index in [2.05, 4.69) is 5.16 Å². The first-order chi connectivity index (χ1) is 7.66. The van der Waals surface area contributed by atoms with Gasteiger partial charge in [0.25, 0.3) is 0 Å². The summed E-state index contributed by atoms with van der Waals surface area (Å²) in [4.78, 5) is 13.8. The van der Waals surface area contributed by atoms with Crippen molar-refractivity contribution in [3.8, 4) is 0 Å². The molecule has 0 radical (unpaired) electrons. The Morgan fingerprint density at radius 3 is 2.94 bits per heavy atom. The molecule has 1 saturated heterocycles. The van der Waals surface area contributed by atoms with E-state index in [0.717, 1.165) is 25.8 Å². The summed E-state index contributed by atoms with van der Waals surface area (Å²) < 4.78 is 10.2. The van der Waals surface area contributed by atoms with Gasteiger partial charge in [0.2, 0.25) is 0 Å². The molecule has 1 fully saturated rings. The van der Waals surface area contributed by atoms with Gasteiger partial charge in [0, 0.05) is 12.6 Å². The molecule has 1 atom stereocenters. The van der Waals surface area contributed by atoms with Gasteiger partial charge in [-0.15, -0.1) is 12.4 Å². The average Bonchev–Trinajstić information content (AvgIpc) is 2.68. The Morgan fingerprint density at radius 2 is 2.35 bits per heavy atom. The summed E-state index contributed by atoms with van der Waals surface area (Å²) in [6, 6.07) is 1.59. The van der Waals surface area contributed by atoms with Crippen LogP contribution >= 0.6 is 12.4 Å². The van der Waals surface area contributed by atoms with E-state index in [9.17, 15) is 4.79 Å². The number of esters is 1. The van der Waals surface area contributed by atoms with Crippen LogP contribution in [0, 0.1) is 6.92 Å². The molecule has 1 unspecified atom stereocenters. The van der Waals surface area contributed by atoms with Crippen LogP contribution in [0.25, 0.3) is 0 Å². The zero-order valence-electron chi connectivity index (χ0n) is 10.0. The van der Waals surface area contributed by atoms with Gasteiger partial charge in [0.15, 0.2) is 11.9 Å². The molecule has 2 rings (SSSR count). The van der Waals surface area contributed by atoms with Gasteiger partial charge in [-0.2, -0.15) is 0 Å². The minimum Gasteiger partial charge on any atom is -0.442 e. The fourth-order valence-corrected chi connectivity index (χ4v) is 1.84. The van der Waals surface area contributed by atoms with Crippen LogP contribution in [-0.4, -0.2) is 35.8 Å². The minimum atomic E-state index is -0.407. The van der Waals surface area contributed by atoms with Crippen molar-refractivity contribution < 1.29 is 14.1 Å². The molecule has 96 valence electrons. The van der Waals surface area contributed by atoms with Crippen LogP contribution in [0.2, 0.25) is 0 Å². The molecule has 1 aromatic heterocycles. The predicted octanol–water partition coefficient (Wildman–Crippen LogP) is 2.00. The lowest BCUT2D eigenvalue weighted by atomic mass is 10.1. The molecule has 0 bridgehead atoms. The SMILES string of the molecule is Cc1cc(C(=O)OC2CCCCN2C)no1.Cl. The highest BCUT2D eigenvalue weighted by Gasteiger charge is 2.24. The maximum absolute atomic E-state index is 11.7. The van der Waals surface area contributed by atoms with Gasteiger partial charge in [-0.1, -0.05) is 5.16 Å². The van der Waals surface area contributed by atoms with E-state index in [4.69, 9.17) is 9.26 Å². The van der Waals surface area contributed by atoms with Crippen LogP contribution in [0.1, 0.15) is 35.5 Å².